The Morgan fingerprint density at radius 1 is 1.04 bits per heavy atom. The molecule has 0 heterocycles. The lowest BCUT2D eigenvalue weighted by Gasteiger charge is -2.21. The second-order valence-electron chi connectivity index (χ2n) is 6.16. The van der Waals surface area contributed by atoms with Gasteiger partial charge in [0.05, 0.1) is 0 Å². The Labute approximate surface area is 151 Å². The van der Waals surface area contributed by atoms with Crippen LogP contribution >= 0.6 is 0 Å². The fourth-order valence-corrected chi connectivity index (χ4v) is 2.81. The van der Waals surface area contributed by atoms with Crippen LogP contribution in [0.4, 0.5) is 11.4 Å². The number of rotatable bonds is 9. The summed E-state index contributed by atoms with van der Waals surface area (Å²) in [5.41, 5.74) is 4.61. The van der Waals surface area contributed by atoms with Gasteiger partial charge < -0.3 is 15.5 Å². The number of carbonyl (C=O) groups excluding carboxylic acids is 1. The van der Waals surface area contributed by atoms with Crippen molar-refractivity contribution in [2.75, 3.05) is 29.9 Å². The number of hydrogen-bond acceptors (Lipinski definition) is 3. The van der Waals surface area contributed by atoms with E-state index < -0.39 is 0 Å². The molecule has 0 atom stereocenters. The van der Waals surface area contributed by atoms with Crippen LogP contribution in [0.15, 0.2) is 48.5 Å². The zero-order chi connectivity index (χ0) is 18.1. The minimum Gasteiger partial charge on any atom is -0.385 e. The first-order valence-electron chi connectivity index (χ1n) is 9.03. The predicted octanol–water partition coefficient (Wildman–Crippen LogP) is 3.96. The van der Waals surface area contributed by atoms with Crippen molar-refractivity contribution in [1.82, 2.24) is 5.32 Å². The van der Waals surface area contributed by atoms with Gasteiger partial charge in [-0.05, 0) is 50.6 Å². The molecular weight excluding hydrogens is 310 g/mol. The monoisotopic (exact) mass is 339 g/mol. The molecule has 0 saturated carbocycles. The molecule has 4 nitrogen and oxygen atoms in total. The standard InChI is InChI=1S/C21H29N3O/c1-4-24(5-2)20-11-9-19(10-12-20)22-14-13-21(25)23-16-18-8-6-7-17(3)15-18/h6-12,15,22H,4-5,13-14,16H2,1-3H3,(H,23,25). The van der Waals surface area contributed by atoms with Crippen LogP contribution < -0.4 is 15.5 Å². The maximum atomic E-state index is 12.0. The molecule has 0 saturated heterocycles. The molecule has 4 heteroatoms. The number of anilines is 2. The Bertz CT molecular complexity index is 663. The van der Waals surface area contributed by atoms with E-state index in [0.717, 1.165) is 24.3 Å². The summed E-state index contributed by atoms with van der Waals surface area (Å²) in [6.45, 7) is 9.59. The molecule has 0 aliphatic rings. The fourth-order valence-electron chi connectivity index (χ4n) is 2.81. The summed E-state index contributed by atoms with van der Waals surface area (Å²) in [6.07, 6.45) is 0.462. The highest BCUT2D eigenvalue weighted by Gasteiger charge is 2.03. The SMILES string of the molecule is CCN(CC)c1ccc(NCCC(=O)NCc2cccc(C)c2)cc1. The number of nitrogens with one attached hydrogen (secondary N) is 2. The van der Waals surface area contributed by atoms with Gasteiger partial charge in [0.25, 0.3) is 0 Å². The van der Waals surface area contributed by atoms with E-state index in [2.05, 4.69) is 72.7 Å². The minimum absolute atomic E-state index is 0.0637. The summed E-state index contributed by atoms with van der Waals surface area (Å²) in [6, 6.07) is 16.6. The lowest BCUT2D eigenvalue weighted by atomic mass is 10.1. The molecule has 0 fully saturated rings. The topological polar surface area (TPSA) is 44.4 Å². The maximum Gasteiger partial charge on any atom is 0.222 e. The van der Waals surface area contributed by atoms with Crippen molar-refractivity contribution in [3.8, 4) is 0 Å². The Morgan fingerprint density at radius 2 is 1.76 bits per heavy atom. The van der Waals surface area contributed by atoms with Gasteiger partial charge in [-0.2, -0.15) is 0 Å². The number of carbonyl (C=O) groups is 1. The van der Waals surface area contributed by atoms with Crippen LogP contribution in [0.3, 0.4) is 0 Å². The summed E-state index contributed by atoms with van der Waals surface area (Å²) >= 11 is 0. The average molecular weight is 339 g/mol. The molecule has 25 heavy (non-hydrogen) atoms. The summed E-state index contributed by atoms with van der Waals surface area (Å²) in [7, 11) is 0. The normalized spacial score (nSPS) is 10.4. The second kappa shape index (κ2) is 9.72. The van der Waals surface area contributed by atoms with Crippen LogP contribution in [0.1, 0.15) is 31.4 Å². The van der Waals surface area contributed by atoms with Crippen molar-refractivity contribution in [2.24, 2.45) is 0 Å². The molecule has 1 amide bonds. The van der Waals surface area contributed by atoms with Crippen LogP contribution in [-0.4, -0.2) is 25.5 Å². The first-order chi connectivity index (χ1) is 12.1. The van der Waals surface area contributed by atoms with E-state index in [9.17, 15) is 4.79 Å². The molecule has 0 spiro atoms. The van der Waals surface area contributed by atoms with Gasteiger partial charge in [-0.25, -0.2) is 0 Å². The van der Waals surface area contributed by atoms with Gasteiger partial charge in [-0.15, -0.1) is 0 Å². The summed E-state index contributed by atoms with van der Waals surface area (Å²) in [5, 5.41) is 6.27. The smallest absolute Gasteiger partial charge is 0.222 e. The van der Waals surface area contributed by atoms with Gasteiger partial charge >= 0.3 is 0 Å². The summed E-state index contributed by atoms with van der Waals surface area (Å²) in [5.74, 6) is 0.0637. The number of hydrogen-bond donors (Lipinski definition) is 2. The minimum atomic E-state index is 0.0637. The highest BCUT2D eigenvalue weighted by molar-refractivity contribution is 5.76. The lowest BCUT2D eigenvalue weighted by Crippen LogP contribution is -2.25. The van der Waals surface area contributed by atoms with E-state index >= 15 is 0 Å². The van der Waals surface area contributed by atoms with E-state index in [4.69, 9.17) is 0 Å². The fraction of sp³-hybridized carbons (Fsp3) is 0.381. The van der Waals surface area contributed by atoms with Crippen molar-refractivity contribution >= 4 is 17.3 Å². The number of nitrogens with zero attached hydrogens (tertiary/aromatic N) is 1. The Morgan fingerprint density at radius 3 is 2.40 bits per heavy atom. The lowest BCUT2D eigenvalue weighted by molar-refractivity contribution is -0.121. The van der Waals surface area contributed by atoms with Gasteiger partial charge in [0.2, 0.25) is 5.91 Å². The second-order valence-corrected chi connectivity index (χ2v) is 6.16. The van der Waals surface area contributed by atoms with Crippen molar-refractivity contribution in [3.05, 3.63) is 59.7 Å². The third-order valence-electron chi connectivity index (χ3n) is 4.25. The van der Waals surface area contributed by atoms with Crippen LogP contribution in [0.25, 0.3) is 0 Å². The largest absolute Gasteiger partial charge is 0.385 e. The zero-order valence-corrected chi connectivity index (χ0v) is 15.5. The van der Waals surface area contributed by atoms with Gasteiger partial charge in [0.1, 0.15) is 0 Å². The molecule has 0 aliphatic heterocycles. The van der Waals surface area contributed by atoms with Gasteiger partial charge in [-0.3, -0.25) is 4.79 Å². The van der Waals surface area contributed by atoms with Gasteiger partial charge in [0, 0.05) is 44.0 Å². The first-order valence-corrected chi connectivity index (χ1v) is 9.03. The highest BCUT2D eigenvalue weighted by Crippen LogP contribution is 2.17. The van der Waals surface area contributed by atoms with Gasteiger partial charge in [0.15, 0.2) is 0 Å². The molecule has 2 rings (SSSR count). The third-order valence-corrected chi connectivity index (χ3v) is 4.25. The van der Waals surface area contributed by atoms with Crippen molar-refractivity contribution in [1.29, 1.82) is 0 Å². The maximum absolute atomic E-state index is 12.0. The summed E-state index contributed by atoms with van der Waals surface area (Å²) < 4.78 is 0. The first kappa shape index (κ1) is 18.8. The van der Waals surface area contributed by atoms with Crippen molar-refractivity contribution in [2.45, 2.75) is 33.7 Å². The van der Waals surface area contributed by atoms with E-state index in [1.54, 1.807) is 0 Å². The highest BCUT2D eigenvalue weighted by atomic mass is 16.1. The molecule has 2 aromatic rings. The van der Waals surface area contributed by atoms with Crippen LogP contribution in [0, 0.1) is 6.92 Å². The molecule has 2 N–H and O–H groups in total. The summed E-state index contributed by atoms with van der Waals surface area (Å²) in [4.78, 5) is 14.3. The number of benzene rings is 2. The quantitative estimate of drug-likeness (QED) is 0.727. The van der Waals surface area contributed by atoms with E-state index in [-0.39, 0.29) is 5.91 Å². The third kappa shape index (κ3) is 6.14. The molecule has 0 aliphatic carbocycles. The van der Waals surface area contributed by atoms with Crippen molar-refractivity contribution in [3.63, 3.8) is 0 Å². The number of amides is 1. The Kier molecular flexibility index (Phi) is 7.33. The molecule has 134 valence electrons. The molecule has 2 aromatic carbocycles. The van der Waals surface area contributed by atoms with Crippen molar-refractivity contribution < 1.29 is 4.79 Å². The molecule has 0 aromatic heterocycles. The van der Waals surface area contributed by atoms with Crippen LogP contribution in [-0.2, 0) is 11.3 Å². The molecule has 0 radical (unpaired) electrons. The Hall–Kier alpha value is -2.49. The number of aryl methyl sites for hydroxylation is 1. The van der Waals surface area contributed by atoms with Gasteiger partial charge in [-0.1, -0.05) is 29.8 Å². The Balaban J connectivity index is 1.72. The molecule has 0 bridgehead atoms. The van der Waals surface area contributed by atoms with E-state index in [0.29, 0.717) is 19.5 Å². The average Bonchev–Trinajstić information content (AvgIpc) is 2.62. The predicted molar refractivity (Wildman–Crippen MR) is 106 cm³/mol. The van der Waals surface area contributed by atoms with E-state index in [1.165, 1.54) is 11.3 Å². The zero-order valence-electron chi connectivity index (χ0n) is 15.5. The van der Waals surface area contributed by atoms with Crippen LogP contribution in [0.2, 0.25) is 0 Å². The molecular formula is C21H29N3O. The van der Waals surface area contributed by atoms with E-state index in [1.807, 2.05) is 12.1 Å². The molecule has 0 unspecified atom stereocenters. The van der Waals surface area contributed by atoms with Crippen LogP contribution in [0.5, 0.6) is 0 Å².